The van der Waals surface area contributed by atoms with Crippen LogP contribution in [0.15, 0.2) is 120 Å². The molecule has 1 radical (unpaired) electrons. The SMILES string of the molecule is Cc1[n-]n(-c2ccccc2)c(=O)c1N=Nc1cc(S(=O)(=O)[O-])cc([N+](=O)[O-])c1[O-].Cc1cc(N=Nc2c(C)[n-]n(-c3ccccc3)c2=O)c([O-])c([N+](=O)[O-])c1.[Cr+3].[Na+].[Na+]. The van der Waals surface area contributed by atoms with Crippen molar-refractivity contribution in [1.29, 1.82) is 0 Å². The van der Waals surface area contributed by atoms with Gasteiger partial charge in [-0.15, -0.1) is 21.6 Å². The smallest absolute Gasteiger partial charge is 0.866 e. The van der Waals surface area contributed by atoms with E-state index in [2.05, 4.69) is 30.7 Å². The predicted octanol–water partition coefficient (Wildman–Crippen LogP) is -1.78. The fraction of sp³-hybridized carbons (Fsp3) is 0.0909. The van der Waals surface area contributed by atoms with Gasteiger partial charge in [0, 0.05) is 35.0 Å². The van der Waals surface area contributed by atoms with E-state index in [1.807, 2.05) is 6.07 Å². The maximum Gasteiger partial charge on any atom is 3.00 e. The Balaban J connectivity index is 0.000000382. The number of nitrogens with zero attached hydrogens (tertiary/aromatic N) is 10. The minimum atomic E-state index is -5.10. The molecule has 0 atom stereocenters. The molecule has 4 aromatic carbocycles. The van der Waals surface area contributed by atoms with Crippen LogP contribution < -0.4 is 90.6 Å². The molecule has 6 rings (SSSR count). The van der Waals surface area contributed by atoms with Crippen LogP contribution in [0.4, 0.5) is 34.1 Å². The number of aromatic nitrogens is 4. The van der Waals surface area contributed by atoms with Crippen molar-refractivity contribution in [3.05, 3.63) is 143 Å². The zero-order valence-electron chi connectivity index (χ0n) is 30.9. The van der Waals surface area contributed by atoms with E-state index >= 15 is 0 Å². The van der Waals surface area contributed by atoms with Crippen molar-refractivity contribution in [3.63, 3.8) is 0 Å². The molecule has 0 N–H and O–H groups in total. The van der Waals surface area contributed by atoms with Crippen molar-refractivity contribution >= 4 is 44.2 Å². The van der Waals surface area contributed by atoms with Crippen LogP contribution >= 0.6 is 0 Å². The monoisotopic (exact) mass is 865 g/mol. The Bertz CT molecular complexity index is 2760. The van der Waals surface area contributed by atoms with Crippen LogP contribution in [-0.4, -0.2) is 32.2 Å². The van der Waals surface area contributed by atoms with E-state index < -0.39 is 64.5 Å². The molecule has 2 heterocycles. The molecule has 0 amide bonds. The molecule has 6 aromatic rings. The van der Waals surface area contributed by atoms with Gasteiger partial charge in [0.25, 0.3) is 22.5 Å². The van der Waals surface area contributed by atoms with Crippen LogP contribution in [0.5, 0.6) is 11.5 Å². The van der Waals surface area contributed by atoms with E-state index in [1.165, 1.54) is 23.7 Å². The number of hydrogen-bond acceptors (Lipinski definition) is 15. The first-order valence-electron chi connectivity index (χ1n) is 15.4. The Labute approximate surface area is 381 Å². The largest absolute Gasteiger partial charge is 3.00 e. The first-order valence-corrected chi connectivity index (χ1v) is 16.8. The Kier molecular flexibility index (Phi) is 17.4. The first-order chi connectivity index (χ1) is 26.0. The standard InChI is InChI=1S/C17H15N5O4.C16H13N5O7S.Cr.2Na/c1-10-8-13(16(23)14(9-10)22(25)26)18-19-15-11(2)20-21(17(15)24)12-6-4-3-5-7-12;1-9-14(16(23)20(19-9)10-5-3-2-4-6-10)18-17-12-7-11(29(26,27)28)8-13(15(12)22)21(24)25;;;/h3-9H,1-2H3,(H2,18,19,20,23,24);2-8H,1H3,(H3,17,18,19,22,23,26,27,28);;;/q;;+3;2*+1/p-5. The van der Waals surface area contributed by atoms with E-state index in [1.54, 1.807) is 68.4 Å². The van der Waals surface area contributed by atoms with Crippen molar-refractivity contribution in [1.82, 2.24) is 19.6 Å². The summed E-state index contributed by atoms with van der Waals surface area (Å²) in [6.45, 7) is 4.64. The summed E-state index contributed by atoms with van der Waals surface area (Å²) in [7, 11) is -5.10. The average molecular weight is 866 g/mol. The molecule has 0 unspecified atom stereocenters. The molecule has 0 saturated heterocycles. The fourth-order valence-electron chi connectivity index (χ4n) is 4.79. The van der Waals surface area contributed by atoms with Gasteiger partial charge in [0.05, 0.1) is 26.1 Å². The third-order valence-electron chi connectivity index (χ3n) is 7.39. The van der Waals surface area contributed by atoms with Gasteiger partial charge in [-0.1, -0.05) is 50.2 Å². The van der Waals surface area contributed by atoms with E-state index in [-0.39, 0.29) is 99.2 Å². The summed E-state index contributed by atoms with van der Waals surface area (Å²) < 4.78 is 35.8. The summed E-state index contributed by atoms with van der Waals surface area (Å²) in [5.74, 6) is -2.11. The molecule has 0 aliphatic carbocycles. The van der Waals surface area contributed by atoms with E-state index in [9.17, 15) is 53.0 Å². The number of nitro benzene ring substituents is 2. The molecule has 2 aromatic heterocycles. The fourth-order valence-corrected chi connectivity index (χ4v) is 5.31. The quantitative estimate of drug-likeness (QED) is 0.0511. The van der Waals surface area contributed by atoms with Gasteiger partial charge in [-0.2, -0.15) is 10.2 Å². The van der Waals surface area contributed by atoms with E-state index in [0.29, 0.717) is 34.8 Å². The third-order valence-corrected chi connectivity index (χ3v) is 8.20. The van der Waals surface area contributed by atoms with Crippen molar-refractivity contribution in [2.24, 2.45) is 20.5 Å². The zero-order valence-corrected chi connectivity index (χ0v) is 37.0. The number of azo groups is 2. The van der Waals surface area contributed by atoms with Gasteiger partial charge < -0.3 is 34.3 Å². The summed E-state index contributed by atoms with van der Waals surface area (Å²) >= 11 is 0. The van der Waals surface area contributed by atoms with Crippen LogP contribution in [-0.2, 0) is 27.5 Å². The Morgan fingerprint density at radius 2 is 1.00 bits per heavy atom. The molecule has 0 saturated carbocycles. The molecule has 0 bridgehead atoms. The number of para-hydroxylation sites is 2. The number of aryl methyl sites for hydroxylation is 3. The van der Waals surface area contributed by atoms with Gasteiger partial charge in [-0.25, -0.2) is 8.42 Å². The second kappa shape index (κ2) is 20.6. The van der Waals surface area contributed by atoms with Crippen LogP contribution in [0.2, 0.25) is 0 Å². The minimum Gasteiger partial charge on any atom is -0.866 e. The van der Waals surface area contributed by atoms with Gasteiger partial charge in [0.2, 0.25) is 0 Å². The molecule has 25 heteroatoms. The van der Waals surface area contributed by atoms with Crippen molar-refractivity contribution in [2.45, 2.75) is 25.7 Å². The maximum atomic E-state index is 12.5. The van der Waals surface area contributed by atoms with E-state index in [4.69, 9.17) is 0 Å². The second-order valence-electron chi connectivity index (χ2n) is 11.3. The average Bonchev–Trinajstić information content (AvgIpc) is 3.59. The number of rotatable bonds is 9. The third kappa shape index (κ3) is 11.1. The molecule has 58 heavy (non-hydrogen) atoms. The van der Waals surface area contributed by atoms with Crippen molar-refractivity contribution < 1.29 is 110 Å². The summed E-state index contributed by atoms with van der Waals surface area (Å²) in [5, 5.41) is 69.0. The predicted molar refractivity (Wildman–Crippen MR) is 186 cm³/mol. The molecule has 21 nitrogen and oxygen atoms in total. The molecule has 285 valence electrons. The Morgan fingerprint density at radius 1 is 0.621 bits per heavy atom. The van der Waals surface area contributed by atoms with Gasteiger partial charge in [0.1, 0.15) is 21.5 Å². The Morgan fingerprint density at radius 3 is 1.38 bits per heavy atom. The van der Waals surface area contributed by atoms with Gasteiger partial charge in [-0.05, 0) is 48.9 Å². The maximum absolute atomic E-state index is 12.5. The summed E-state index contributed by atoms with van der Waals surface area (Å²) in [6.07, 6.45) is 0. The minimum absolute atomic E-state index is 0. The van der Waals surface area contributed by atoms with Gasteiger partial charge >= 0.3 is 76.5 Å². The first kappa shape index (κ1) is 49.1. The number of benzene rings is 4. The molecule has 0 aliphatic heterocycles. The van der Waals surface area contributed by atoms with Crippen LogP contribution in [0.1, 0.15) is 17.0 Å². The number of hydrogen-bond donors (Lipinski definition) is 0. The normalized spacial score (nSPS) is 10.9. The molecular formula is C33H23CrN10Na2O11S. The van der Waals surface area contributed by atoms with Crippen molar-refractivity contribution in [2.75, 3.05) is 0 Å². The molecule has 0 aliphatic rings. The van der Waals surface area contributed by atoms with Gasteiger partial charge in [0.15, 0.2) is 0 Å². The number of nitro groups is 2. The molecule has 0 fully saturated rings. The molecule has 0 spiro atoms. The Hall–Kier alpha value is -5.06. The van der Waals surface area contributed by atoms with Crippen LogP contribution in [0, 0.1) is 41.0 Å². The summed E-state index contributed by atoms with van der Waals surface area (Å²) in [6, 6.07) is 20.6. The summed E-state index contributed by atoms with van der Waals surface area (Å²) in [4.78, 5) is 44.0. The van der Waals surface area contributed by atoms with Crippen molar-refractivity contribution in [3.8, 4) is 22.9 Å². The van der Waals surface area contributed by atoms with Crippen LogP contribution in [0.3, 0.4) is 0 Å². The van der Waals surface area contributed by atoms with Gasteiger partial charge in [-0.3, -0.25) is 29.8 Å². The second-order valence-corrected chi connectivity index (χ2v) is 12.6. The van der Waals surface area contributed by atoms with E-state index in [0.717, 1.165) is 4.68 Å². The molecular weight excluding hydrogens is 842 g/mol. The summed E-state index contributed by atoms with van der Waals surface area (Å²) in [5.41, 5.74) is -2.20. The topological polar surface area (TPSA) is 311 Å². The van der Waals surface area contributed by atoms with Crippen LogP contribution in [0.25, 0.3) is 11.4 Å². The zero-order chi connectivity index (χ0) is 40.2.